The number of rotatable bonds is 0. The highest BCUT2D eigenvalue weighted by Crippen LogP contribution is 2.30. The van der Waals surface area contributed by atoms with Gasteiger partial charge in [-0.05, 0) is 24.1 Å². The molecule has 0 bridgehead atoms. The van der Waals surface area contributed by atoms with Crippen LogP contribution in [0.25, 0.3) is 0 Å². The molecule has 3 nitrogen and oxygen atoms in total. The Bertz CT molecular complexity index is 392. The normalized spacial score (nSPS) is 33.5. The number of allylic oxidation sites excluding steroid dienone is 2. The van der Waals surface area contributed by atoms with Crippen LogP contribution in [-0.2, 0) is 4.79 Å². The Hall–Kier alpha value is -1.35. The second-order valence-electron chi connectivity index (χ2n) is 4.23. The number of fused-ring (bicyclic) bond motifs is 2. The van der Waals surface area contributed by atoms with Gasteiger partial charge in [0, 0.05) is 6.54 Å². The molecule has 0 aromatic heterocycles. The minimum absolute atomic E-state index is 0.105. The Balaban J connectivity index is 2.06. The zero-order valence-corrected chi connectivity index (χ0v) is 8.49. The van der Waals surface area contributed by atoms with Crippen molar-refractivity contribution in [3.05, 3.63) is 35.5 Å². The predicted octanol–water partition coefficient (Wildman–Crippen LogP) is 0.517. The number of nitrogens with one attached hydrogen (secondary N) is 2. The van der Waals surface area contributed by atoms with Gasteiger partial charge in [0.05, 0.1) is 12.0 Å². The second kappa shape index (κ2) is 3.35. The number of carbonyl (C=O) groups is 1. The Labute approximate surface area is 88.9 Å². The third-order valence-corrected chi connectivity index (χ3v) is 3.36. The molecule has 0 aromatic carbocycles. The topological polar surface area (TPSA) is 41.1 Å². The Morgan fingerprint density at radius 3 is 3.20 bits per heavy atom. The monoisotopic (exact) mass is 202 g/mol. The zero-order valence-electron chi connectivity index (χ0n) is 8.49. The molecular weight excluding hydrogens is 188 g/mol. The molecule has 78 valence electrons. The summed E-state index contributed by atoms with van der Waals surface area (Å²) in [7, 11) is 0. The van der Waals surface area contributed by atoms with Gasteiger partial charge in [-0.1, -0.05) is 24.3 Å². The van der Waals surface area contributed by atoms with E-state index in [0.29, 0.717) is 0 Å². The van der Waals surface area contributed by atoms with Gasteiger partial charge < -0.3 is 10.6 Å². The summed E-state index contributed by atoms with van der Waals surface area (Å²) in [6, 6.07) is 0.105. The van der Waals surface area contributed by atoms with Gasteiger partial charge in [0.15, 0.2) is 0 Å². The molecule has 2 N–H and O–H groups in total. The van der Waals surface area contributed by atoms with Crippen molar-refractivity contribution in [2.45, 2.75) is 12.5 Å². The predicted molar refractivity (Wildman–Crippen MR) is 58.2 cm³/mol. The molecule has 2 heterocycles. The van der Waals surface area contributed by atoms with Crippen LogP contribution in [-0.4, -0.2) is 25.0 Å². The SMILES string of the molecule is O=C1NC2C=CC=CC2=C2CNCCC12. The third-order valence-electron chi connectivity index (χ3n) is 3.36. The summed E-state index contributed by atoms with van der Waals surface area (Å²) < 4.78 is 0. The maximum Gasteiger partial charge on any atom is 0.228 e. The zero-order chi connectivity index (χ0) is 10.3. The lowest BCUT2D eigenvalue weighted by molar-refractivity contribution is -0.125. The Morgan fingerprint density at radius 1 is 1.33 bits per heavy atom. The van der Waals surface area contributed by atoms with Crippen molar-refractivity contribution in [2.75, 3.05) is 13.1 Å². The summed E-state index contributed by atoms with van der Waals surface area (Å²) in [5.74, 6) is 0.300. The lowest BCUT2D eigenvalue weighted by atomic mass is 9.81. The van der Waals surface area contributed by atoms with Crippen molar-refractivity contribution < 1.29 is 4.79 Å². The molecule has 3 heteroatoms. The summed E-state index contributed by atoms with van der Waals surface area (Å²) in [6.07, 6.45) is 9.13. The minimum atomic E-state index is 0.105. The maximum atomic E-state index is 11.9. The Morgan fingerprint density at radius 2 is 2.27 bits per heavy atom. The molecule has 1 amide bonds. The molecule has 2 unspecified atom stereocenters. The number of amides is 1. The summed E-state index contributed by atoms with van der Waals surface area (Å²) >= 11 is 0. The first-order chi connectivity index (χ1) is 7.36. The highest BCUT2D eigenvalue weighted by Gasteiger charge is 2.34. The molecule has 0 saturated carbocycles. The van der Waals surface area contributed by atoms with Crippen LogP contribution in [0.2, 0.25) is 0 Å². The van der Waals surface area contributed by atoms with Gasteiger partial charge in [-0.2, -0.15) is 0 Å². The molecule has 0 aromatic rings. The van der Waals surface area contributed by atoms with Crippen molar-refractivity contribution >= 4 is 5.91 Å². The van der Waals surface area contributed by atoms with E-state index < -0.39 is 0 Å². The summed E-state index contributed by atoms with van der Waals surface area (Å²) in [4.78, 5) is 11.9. The van der Waals surface area contributed by atoms with E-state index in [-0.39, 0.29) is 17.9 Å². The van der Waals surface area contributed by atoms with E-state index in [4.69, 9.17) is 0 Å². The number of carbonyl (C=O) groups excluding carboxylic acids is 1. The van der Waals surface area contributed by atoms with E-state index >= 15 is 0 Å². The lowest BCUT2D eigenvalue weighted by Gasteiger charge is -2.36. The van der Waals surface area contributed by atoms with Crippen LogP contribution < -0.4 is 10.6 Å². The largest absolute Gasteiger partial charge is 0.345 e. The van der Waals surface area contributed by atoms with Crippen molar-refractivity contribution in [3.63, 3.8) is 0 Å². The fraction of sp³-hybridized carbons (Fsp3) is 0.417. The highest BCUT2D eigenvalue weighted by atomic mass is 16.2. The second-order valence-corrected chi connectivity index (χ2v) is 4.23. The van der Waals surface area contributed by atoms with Crippen molar-refractivity contribution in [1.29, 1.82) is 0 Å². The van der Waals surface area contributed by atoms with Gasteiger partial charge >= 0.3 is 0 Å². The highest BCUT2D eigenvalue weighted by molar-refractivity contribution is 5.85. The van der Waals surface area contributed by atoms with E-state index in [9.17, 15) is 4.79 Å². The molecule has 2 aliphatic heterocycles. The summed E-state index contributed by atoms with van der Waals surface area (Å²) in [5, 5.41) is 6.40. The van der Waals surface area contributed by atoms with Gasteiger partial charge in [-0.3, -0.25) is 4.79 Å². The van der Waals surface area contributed by atoms with Gasteiger partial charge in [0.2, 0.25) is 5.91 Å². The van der Waals surface area contributed by atoms with Crippen LogP contribution >= 0.6 is 0 Å². The molecule has 2 atom stereocenters. The molecule has 3 rings (SSSR count). The summed E-state index contributed by atoms with van der Waals surface area (Å²) in [6.45, 7) is 1.81. The van der Waals surface area contributed by atoms with Gasteiger partial charge in [-0.15, -0.1) is 0 Å². The standard InChI is InChI=1S/C12H14N2O/c15-12-9-5-6-13-7-10(9)8-3-1-2-4-11(8)14-12/h1-4,9,11,13H,5-7H2,(H,14,15). The van der Waals surface area contributed by atoms with Crippen molar-refractivity contribution in [3.8, 4) is 0 Å². The molecular formula is C12H14N2O. The van der Waals surface area contributed by atoms with E-state index in [2.05, 4.69) is 16.7 Å². The Kier molecular flexibility index (Phi) is 1.99. The van der Waals surface area contributed by atoms with Gasteiger partial charge in [-0.25, -0.2) is 0 Å². The van der Waals surface area contributed by atoms with Crippen LogP contribution in [0.5, 0.6) is 0 Å². The first-order valence-electron chi connectivity index (χ1n) is 5.45. The first kappa shape index (κ1) is 8.92. The molecule has 0 radical (unpaired) electrons. The fourth-order valence-corrected chi connectivity index (χ4v) is 2.59. The molecule has 1 saturated heterocycles. The average Bonchev–Trinajstić information content (AvgIpc) is 2.30. The molecule has 3 aliphatic rings. The smallest absolute Gasteiger partial charge is 0.228 e. The number of piperidine rings is 1. The summed E-state index contributed by atoms with van der Waals surface area (Å²) in [5.41, 5.74) is 2.57. The average molecular weight is 202 g/mol. The number of hydrogen-bond donors (Lipinski definition) is 2. The van der Waals surface area contributed by atoms with Gasteiger partial charge in [0.1, 0.15) is 0 Å². The fourth-order valence-electron chi connectivity index (χ4n) is 2.59. The van der Waals surface area contributed by atoms with E-state index in [1.165, 1.54) is 11.1 Å². The van der Waals surface area contributed by atoms with Crippen LogP contribution in [0, 0.1) is 5.92 Å². The molecule has 15 heavy (non-hydrogen) atoms. The third kappa shape index (κ3) is 1.35. The van der Waals surface area contributed by atoms with Crippen LogP contribution in [0.3, 0.4) is 0 Å². The molecule has 1 fully saturated rings. The minimum Gasteiger partial charge on any atom is -0.345 e. The number of hydrogen-bond acceptors (Lipinski definition) is 2. The van der Waals surface area contributed by atoms with Crippen LogP contribution in [0.15, 0.2) is 35.5 Å². The van der Waals surface area contributed by atoms with Crippen molar-refractivity contribution in [2.24, 2.45) is 5.92 Å². The van der Waals surface area contributed by atoms with Crippen molar-refractivity contribution in [1.82, 2.24) is 10.6 Å². The molecule has 0 spiro atoms. The quantitative estimate of drug-likeness (QED) is 0.601. The van der Waals surface area contributed by atoms with E-state index in [1.54, 1.807) is 0 Å². The molecule has 1 aliphatic carbocycles. The van der Waals surface area contributed by atoms with Crippen LogP contribution in [0.1, 0.15) is 6.42 Å². The van der Waals surface area contributed by atoms with E-state index in [0.717, 1.165) is 19.5 Å². The maximum absolute atomic E-state index is 11.9. The van der Waals surface area contributed by atoms with Crippen LogP contribution in [0.4, 0.5) is 0 Å². The first-order valence-corrected chi connectivity index (χ1v) is 5.45. The lowest BCUT2D eigenvalue weighted by Crippen LogP contribution is -2.49. The van der Waals surface area contributed by atoms with E-state index in [1.807, 2.05) is 18.2 Å². The van der Waals surface area contributed by atoms with Gasteiger partial charge in [0.25, 0.3) is 0 Å².